The smallest absolute Gasteiger partial charge is 0.254 e. The van der Waals surface area contributed by atoms with Crippen molar-refractivity contribution < 1.29 is 9.53 Å². The third kappa shape index (κ3) is 2.82. The number of methoxy groups -OCH3 is 1. The van der Waals surface area contributed by atoms with Gasteiger partial charge in [-0.1, -0.05) is 12.5 Å². The summed E-state index contributed by atoms with van der Waals surface area (Å²) in [5, 5.41) is 0. The summed E-state index contributed by atoms with van der Waals surface area (Å²) in [6, 6.07) is 5.47. The standard InChI is InChI=1S/C19H22N4O3/c1-26-12-19(7-4-8-19)18(25)23-10-6-13-15(11-23)21-16(22-17(13)24)14-5-2-3-9-20-14/h2-3,5,9H,4,6-8,10-12H2,1H3,(H,21,22,24). The van der Waals surface area contributed by atoms with E-state index in [1.165, 1.54) is 0 Å². The Labute approximate surface area is 151 Å². The highest BCUT2D eigenvalue weighted by Gasteiger charge is 2.47. The zero-order chi connectivity index (χ0) is 18.1. The lowest BCUT2D eigenvalue weighted by molar-refractivity contribution is -0.153. The molecule has 0 unspecified atom stereocenters. The van der Waals surface area contributed by atoms with Crippen molar-refractivity contribution in [2.45, 2.75) is 32.2 Å². The average molecular weight is 354 g/mol. The zero-order valence-corrected chi connectivity index (χ0v) is 14.8. The molecule has 2 aromatic rings. The minimum absolute atomic E-state index is 0.123. The Morgan fingerprint density at radius 2 is 2.23 bits per heavy atom. The molecular weight excluding hydrogens is 332 g/mol. The van der Waals surface area contributed by atoms with Gasteiger partial charge in [0.05, 0.1) is 24.3 Å². The number of amides is 1. The first-order chi connectivity index (χ1) is 12.6. The molecule has 7 nitrogen and oxygen atoms in total. The van der Waals surface area contributed by atoms with E-state index < -0.39 is 5.41 Å². The number of H-pyrrole nitrogens is 1. The van der Waals surface area contributed by atoms with Crippen LogP contribution in [-0.4, -0.2) is 46.0 Å². The third-order valence-electron chi connectivity index (χ3n) is 5.45. The van der Waals surface area contributed by atoms with Crippen LogP contribution in [0.2, 0.25) is 0 Å². The quantitative estimate of drug-likeness (QED) is 0.900. The van der Waals surface area contributed by atoms with E-state index in [1.54, 1.807) is 19.4 Å². The van der Waals surface area contributed by atoms with Crippen LogP contribution in [0.5, 0.6) is 0 Å². The monoisotopic (exact) mass is 354 g/mol. The van der Waals surface area contributed by atoms with Crippen LogP contribution >= 0.6 is 0 Å². The van der Waals surface area contributed by atoms with Gasteiger partial charge in [0.15, 0.2) is 5.82 Å². The fraction of sp³-hybridized carbons (Fsp3) is 0.474. The maximum absolute atomic E-state index is 13.1. The number of hydrogen-bond donors (Lipinski definition) is 1. The molecule has 1 aliphatic carbocycles. The van der Waals surface area contributed by atoms with Gasteiger partial charge in [0.25, 0.3) is 5.56 Å². The van der Waals surface area contributed by atoms with Crippen LogP contribution in [0, 0.1) is 5.41 Å². The Balaban J connectivity index is 1.63. The molecule has 0 saturated heterocycles. The molecule has 1 saturated carbocycles. The zero-order valence-electron chi connectivity index (χ0n) is 14.8. The third-order valence-corrected chi connectivity index (χ3v) is 5.45. The number of rotatable bonds is 4. The SMILES string of the molecule is COCC1(C(=O)N2CCc3c(nc(-c4ccccn4)[nH]c3=O)C2)CCC1. The number of nitrogens with zero attached hydrogens (tertiary/aromatic N) is 3. The number of aromatic amines is 1. The van der Waals surface area contributed by atoms with E-state index in [0.717, 1.165) is 19.3 Å². The summed E-state index contributed by atoms with van der Waals surface area (Å²) in [6.45, 7) is 1.37. The molecule has 1 N–H and O–H groups in total. The van der Waals surface area contributed by atoms with Gasteiger partial charge in [-0.2, -0.15) is 0 Å². The number of nitrogens with one attached hydrogen (secondary N) is 1. The molecule has 0 aromatic carbocycles. The van der Waals surface area contributed by atoms with Gasteiger partial charge in [-0.05, 0) is 31.4 Å². The van der Waals surface area contributed by atoms with Crippen molar-refractivity contribution in [1.82, 2.24) is 19.9 Å². The van der Waals surface area contributed by atoms with Crippen LogP contribution in [0.4, 0.5) is 0 Å². The average Bonchev–Trinajstić information content (AvgIpc) is 2.64. The van der Waals surface area contributed by atoms with Gasteiger partial charge >= 0.3 is 0 Å². The van der Waals surface area contributed by atoms with Crippen molar-refractivity contribution in [2.24, 2.45) is 5.41 Å². The predicted molar refractivity (Wildman–Crippen MR) is 95.4 cm³/mol. The van der Waals surface area contributed by atoms with Crippen molar-refractivity contribution in [3.05, 3.63) is 46.0 Å². The van der Waals surface area contributed by atoms with Crippen molar-refractivity contribution in [3.8, 4) is 11.5 Å². The first kappa shape index (κ1) is 16.9. The highest BCUT2D eigenvalue weighted by molar-refractivity contribution is 5.84. The fourth-order valence-electron chi connectivity index (χ4n) is 3.87. The number of carbonyl (C=O) groups is 1. The van der Waals surface area contributed by atoms with Gasteiger partial charge < -0.3 is 14.6 Å². The van der Waals surface area contributed by atoms with Gasteiger partial charge in [0, 0.05) is 25.4 Å². The first-order valence-electron chi connectivity index (χ1n) is 8.95. The van der Waals surface area contributed by atoms with Gasteiger partial charge in [0.2, 0.25) is 5.91 Å². The lowest BCUT2D eigenvalue weighted by atomic mass is 9.68. The highest BCUT2D eigenvalue weighted by Crippen LogP contribution is 2.43. The topological polar surface area (TPSA) is 88.2 Å². The Morgan fingerprint density at radius 3 is 2.88 bits per heavy atom. The maximum Gasteiger partial charge on any atom is 0.254 e. The van der Waals surface area contributed by atoms with Gasteiger partial charge in [-0.3, -0.25) is 14.6 Å². The number of pyridine rings is 1. The van der Waals surface area contributed by atoms with Gasteiger partial charge in [0.1, 0.15) is 5.69 Å². The molecule has 7 heteroatoms. The summed E-state index contributed by atoms with van der Waals surface area (Å²) >= 11 is 0. The van der Waals surface area contributed by atoms with E-state index in [4.69, 9.17) is 4.74 Å². The molecule has 0 spiro atoms. The molecule has 4 rings (SSSR count). The molecule has 2 aromatic heterocycles. The minimum atomic E-state index is -0.392. The molecule has 0 radical (unpaired) electrons. The molecule has 3 heterocycles. The van der Waals surface area contributed by atoms with Crippen molar-refractivity contribution >= 4 is 5.91 Å². The molecule has 1 fully saturated rings. The molecule has 1 amide bonds. The number of fused-ring (bicyclic) bond motifs is 1. The maximum atomic E-state index is 13.1. The number of ether oxygens (including phenoxy) is 1. The van der Waals surface area contributed by atoms with Crippen LogP contribution in [0.3, 0.4) is 0 Å². The number of aromatic nitrogens is 3. The summed E-state index contributed by atoms with van der Waals surface area (Å²) in [5.41, 5.74) is 1.42. The normalized spacial score (nSPS) is 18.1. The van der Waals surface area contributed by atoms with E-state index in [0.29, 0.717) is 48.9 Å². The van der Waals surface area contributed by atoms with Crippen molar-refractivity contribution in [1.29, 1.82) is 0 Å². The second kappa shape index (κ2) is 6.64. The van der Waals surface area contributed by atoms with Crippen LogP contribution in [-0.2, 0) is 22.5 Å². The van der Waals surface area contributed by atoms with E-state index in [2.05, 4.69) is 15.0 Å². The molecule has 136 valence electrons. The molecule has 26 heavy (non-hydrogen) atoms. The van der Waals surface area contributed by atoms with Crippen LogP contribution in [0.15, 0.2) is 29.2 Å². The van der Waals surface area contributed by atoms with E-state index >= 15 is 0 Å². The van der Waals surface area contributed by atoms with Gasteiger partial charge in [-0.15, -0.1) is 0 Å². The van der Waals surface area contributed by atoms with Crippen molar-refractivity contribution in [3.63, 3.8) is 0 Å². The van der Waals surface area contributed by atoms with Crippen molar-refractivity contribution in [2.75, 3.05) is 20.3 Å². The van der Waals surface area contributed by atoms with E-state index in [1.807, 2.05) is 17.0 Å². The van der Waals surface area contributed by atoms with E-state index in [9.17, 15) is 9.59 Å². The molecule has 1 aliphatic heterocycles. The molecule has 0 atom stereocenters. The summed E-state index contributed by atoms with van der Waals surface area (Å²) in [5.74, 6) is 0.566. The number of hydrogen-bond acceptors (Lipinski definition) is 5. The molecular formula is C19H22N4O3. The lowest BCUT2D eigenvalue weighted by Gasteiger charge is -2.43. The Bertz CT molecular complexity index is 874. The second-order valence-electron chi connectivity index (χ2n) is 7.10. The van der Waals surface area contributed by atoms with Crippen LogP contribution in [0.25, 0.3) is 11.5 Å². The summed E-state index contributed by atoms with van der Waals surface area (Å²) in [7, 11) is 1.64. The highest BCUT2D eigenvalue weighted by atomic mass is 16.5. The predicted octanol–water partition coefficient (Wildman–Crippen LogP) is 1.53. The second-order valence-corrected chi connectivity index (χ2v) is 7.10. The van der Waals surface area contributed by atoms with Crippen LogP contribution < -0.4 is 5.56 Å². The number of carbonyl (C=O) groups excluding carboxylic acids is 1. The summed E-state index contributed by atoms with van der Waals surface area (Å²) in [4.78, 5) is 39.0. The Kier molecular flexibility index (Phi) is 4.32. The van der Waals surface area contributed by atoms with E-state index in [-0.39, 0.29) is 11.5 Å². The summed E-state index contributed by atoms with van der Waals surface area (Å²) < 4.78 is 5.30. The molecule has 2 aliphatic rings. The Hall–Kier alpha value is -2.54. The molecule has 0 bridgehead atoms. The minimum Gasteiger partial charge on any atom is -0.384 e. The first-order valence-corrected chi connectivity index (χ1v) is 8.95. The van der Waals surface area contributed by atoms with Gasteiger partial charge in [-0.25, -0.2) is 4.98 Å². The summed E-state index contributed by atoms with van der Waals surface area (Å²) in [6.07, 6.45) is 4.97. The fourth-order valence-corrected chi connectivity index (χ4v) is 3.87. The lowest BCUT2D eigenvalue weighted by Crippen LogP contribution is -2.52. The Morgan fingerprint density at radius 1 is 1.38 bits per heavy atom. The van der Waals surface area contributed by atoms with Crippen LogP contribution in [0.1, 0.15) is 30.5 Å². The largest absolute Gasteiger partial charge is 0.384 e.